The van der Waals surface area contributed by atoms with Crippen LogP contribution >= 0.6 is 0 Å². The Morgan fingerprint density at radius 3 is 2.66 bits per heavy atom. The van der Waals surface area contributed by atoms with E-state index < -0.39 is 0 Å². The molecule has 3 aliphatic rings. The molecule has 1 amide bonds. The van der Waals surface area contributed by atoms with Crippen LogP contribution in [0.4, 0.5) is 0 Å². The van der Waals surface area contributed by atoms with Gasteiger partial charge in [0.15, 0.2) is 0 Å². The Morgan fingerprint density at radius 2 is 1.84 bits per heavy atom. The van der Waals surface area contributed by atoms with Gasteiger partial charge in [-0.15, -0.1) is 0 Å². The normalized spacial score (nSPS) is 22.0. The van der Waals surface area contributed by atoms with Crippen molar-refractivity contribution < 1.29 is 4.79 Å². The minimum absolute atomic E-state index is 0.245. The smallest absolute Gasteiger partial charge is 0.226 e. The number of hydrogen-bond donors (Lipinski definition) is 0. The highest BCUT2D eigenvalue weighted by molar-refractivity contribution is 5.83. The zero-order valence-corrected chi connectivity index (χ0v) is 18.5. The number of amides is 1. The molecule has 0 N–H and O–H groups in total. The maximum absolute atomic E-state index is 13.3. The van der Waals surface area contributed by atoms with Gasteiger partial charge in [0.25, 0.3) is 0 Å². The lowest BCUT2D eigenvalue weighted by Crippen LogP contribution is -2.40. The first kappa shape index (κ1) is 19.7. The van der Waals surface area contributed by atoms with Crippen LogP contribution in [-0.2, 0) is 24.3 Å². The molecule has 32 heavy (non-hydrogen) atoms. The Hall–Kier alpha value is -2.92. The fraction of sp³-hybridized carbons (Fsp3) is 0.407. The number of hydrogen-bond acceptors (Lipinski definition) is 3. The van der Waals surface area contributed by atoms with Crippen molar-refractivity contribution in [2.75, 3.05) is 19.6 Å². The van der Waals surface area contributed by atoms with Crippen LogP contribution in [-0.4, -0.2) is 44.9 Å². The Kier molecular flexibility index (Phi) is 4.87. The second kappa shape index (κ2) is 7.89. The second-order valence-corrected chi connectivity index (χ2v) is 9.75. The van der Waals surface area contributed by atoms with Gasteiger partial charge in [0.05, 0.1) is 11.9 Å². The fourth-order valence-electron chi connectivity index (χ4n) is 5.83. The molecule has 2 aliphatic heterocycles. The zero-order chi connectivity index (χ0) is 21.5. The summed E-state index contributed by atoms with van der Waals surface area (Å²) >= 11 is 0. The van der Waals surface area contributed by atoms with E-state index in [2.05, 4.69) is 68.0 Å². The molecule has 164 valence electrons. The number of likely N-dealkylation sites (tertiary alicyclic amines) is 1. The van der Waals surface area contributed by atoms with Crippen molar-refractivity contribution in [2.45, 2.75) is 38.8 Å². The van der Waals surface area contributed by atoms with Gasteiger partial charge >= 0.3 is 0 Å². The van der Waals surface area contributed by atoms with Crippen LogP contribution in [0.3, 0.4) is 0 Å². The Balaban J connectivity index is 1.06. The minimum Gasteiger partial charge on any atom is -0.338 e. The number of carbonyl (C=O) groups is 1. The van der Waals surface area contributed by atoms with E-state index in [1.54, 1.807) is 0 Å². The third kappa shape index (κ3) is 3.55. The molecule has 1 saturated carbocycles. The first-order valence-corrected chi connectivity index (χ1v) is 11.9. The average molecular weight is 427 g/mol. The molecule has 6 rings (SSSR count). The van der Waals surface area contributed by atoms with E-state index in [-0.39, 0.29) is 11.3 Å². The molecule has 5 nitrogen and oxygen atoms in total. The standard InChI is InChI=1S/C27H30N4O/c32-26(30-14-9-21-5-1-2-6-22(21)19-30)25-17-27(25)10-15-29(16-11-27)20-24-8-4-13-31(24)23-7-3-12-28-18-23/h1-8,12-13,18,25H,9-11,14-17,19-20H2. The van der Waals surface area contributed by atoms with E-state index in [1.807, 2.05) is 18.5 Å². The summed E-state index contributed by atoms with van der Waals surface area (Å²) in [5, 5.41) is 0. The van der Waals surface area contributed by atoms with Crippen molar-refractivity contribution in [3.63, 3.8) is 0 Å². The Morgan fingerprint density at radius 1 is 1.00 bits per heavy atom. The molecule has 2 aromatic heterocycles. The first-order chi connectivity index (χ1) is 15.7. The van der Waals surface area contributed by atoms with Crippen LogP contribution in [0.25, 0.3) is 5.69 Å². The number of benzene rings is 1. The largest absolute Gasteiger partial charge is 0.338 e. The van der Waals surface area contributed by atoms with Crippen LogP contribution in [0.15, 0.2) is 67.1 Å². The fourth-order valence-corrected chi connectivity index (χ4v) is 5.83. The van der Waals surface area contributed by atoms with Crippen molar-refractivity contribution >= 4 is 5.91 Å². The highest BCUT2D eigenvalue weighted by Gasteiger charge is 2.59. The zero-order valence-electron chi connectivity index (χ0n) is 18.5. The maximum atomic E-state index is 13.3. The van der Waals surface area contributed by atoms with Gasteiger partial charge in [0.2, 0.25) is 5.91 Å². The van der Waals surface area contributed by atoms with Crippen molar-refractivity contribution in [3.05, 3.63) is 83.9 Å². The SMILES string of the molecule is O=C(C1CC12CCN(Cc1cccn1-c1cccnc1)CC2)N1CCc2ccccc2C1. The van der Waals surface area contributed by atoms with Crippen LogP contribution in [0.5, 0.6) is 0 Å². The lowest BCUT2D eigenvalue weighted by molar-refractivity contribution is -0.134. The number of pyridine rings is 1. The van der Waals surface area contributed by atoms with Crippen molar-refractivity contribution in [1.29, 1.82) is 0 Å². The van der Waals surface area contributed by atoms with E-state index >= 15 is 0 Å². The van der Waals surface area contributed by atoms with Gasteiger partial charge in [-0.3, -0.25) is 14.7 Å². The molecular weight excluding hydrogens is 396 g/mol. The van der Waals surface area contributed by atoms with Gasteiger partial charge in [-0.05, 0) is 79.6 Å². The number of piperidine rings is 1. The van der Waals surface area contributed by atoms with Crippen molar-refractivity contribution in [1.82, 2.24) is 19.4 Å². The van der Waals surface area contributed by atoms with Gasteiger partial charge < -0.3 is 9.47 Å². The summed E-state index contributed by atoms with van der Waals surface area (Å²) in [6.07, 6.45) is 10.2. The first-order valence-electron chi connectivity index (χ1n) is 11.9. The minimum atomic E-state index is 0.245. The van der Waals surface area contributed by atoms with E-state index in [1.165, 1.54) is 16.8 Å². The monoisotopic (exact) mass is 426 g/mol. The second-order valence-electron chi connectivity index (χ2n) is 9.75. The third-order valence-corrected chi connectivity index (χ3v) is 7.92. The van der Waals surface area contributed by atoms with Crippen LogP contribution in [0, 0.1) is 11.3 Å². The predicted octanol–water partition coefficient (Wildman–Crippen LogP) is 4.06. The summed E-state index contributed by atoms with van der Waals surface area (Å²) in [6.45, 7) is 4.76. The quantitative estimate of drug-likeness (QED) is 0.632. The molecular formula is C27H30N4O. The average Bonchev–Trinajstić information content (AvgIpc) is 3.34. The van der Waals surface area contributed by atoms with E-state index in [4.69, 9.17) is 0 Å². The summed E-state index contributed by atoms with van der Waals surface area (Å²) in [6, 6.07) is 17.0. The molecule has 2 fully saturated rings. The van der Waals surface area contributed by atoms with E-state index in [9.17, 15) is 4.79 Å². The molecule has 1 spiro atoms. The van der Waals surface area contributed by atoms with E-state index in [0.717, 1.165) is 64.1 Å². The van der Waals surface area contributed by atoms with Crippen LogP contribution in [0.2, 0.25) is 0 Å². The molecule has 4 heterocycles. The van der Waals surface area contributed by atoms with Crippen molar-refractivity contribution in [2.24, 2.45) is 11.3 Å². The van der Waals surface area contributed by atoms with Crippen LogP contribution in [0.1, 0.15) is 36.1 Å². The Bertz CT molecular complexity index is 1110. The molecule has 1 aliphatic carbocycles. The summed E-state index contributed by atoms with van der Waals surface area (Å²) < 4.78 is 2.23. The highest BCUT2D eigenvalue weighted by Crippen LogP contribution is 2.60. The highest BCUT2D eigenvalue weighted by atomic mass is 16.2. The van der Waals surface area contributed by atoms with Gasteiger partial charge in [-0.2, -0.15) is 0 Å². The molecule has 1 unspecified atom stereocenters. The number of nitrogens with zero attached hydrogens (tertiary/aromatic N) is 4. The number of carbonyl (C=O) groups excluding carboxylic acids is 1. The number of aromatic nitrogens is 2. The molecule has 5 heteroatoms. The predicted molar refractivity (Wildman–Crippen MR) is 124 cm³/mol. The lowest BCUT2D eigenvalue weighted by atomic mass is 9.90. The van der Waals surface area contributed by atoms with Crippen LogP contribution < -0.4 is 0 Å². The molecule has 3 aromatic rings. The summed E-state index contributed by atoms with van der Waals surface area (Å²) in [5.74, 6) is 0.646. The lowest BCUT2D eigenvalue weighted by Gasteiger charge is -2.34. The molecule has 0 radical (unpaired) electrons. The molecule has 1 atom stereocenters. The summed E-state index contributed by atoms with van der Waals surface area (Å²) in [7, 11) is 0. The summed E-state index contributed by atoms with van der Waals surface area (Å²) in [5.41, 5.74) is 5.40. The Labute approximate surface area is 189 Å². The third-order valence-electron chi connectivity index (χ3n) is 7.92. The topological polar surface area (TPSA) is 41.4 Å². The maximum Gasteiger partial charge on any atom is 0.226 e. The van der Waals surface area contributed by atoms with Crippen molar-refractivity contribution in [3.8, 4) is 5.69 Å². The molecule has 0 bridgehead atoms. The molecule has 1 saturated heterocycles. The number of fused-ring (bicyclic) bond motifs is 1. The van der Waals surface area contributed by atoms with Gasteiger partial charge in [0, 0.05) is 43.6 Å². The molecule has 1 aromatic carbocycles. The summed E-state index contributed by atoms with van der Waals surface area (Å²) in [4.78, 5) is 22.2. The van der Waals surface area contributed by atoms with Gasteiger partial charge in [0.1, 0.15) is 0 Å². The van der Waals surface area contributed by atoms with E-state index in [0.29, 0.717) is 5.91 Å². The number of rotatable bonds is 4. The van der Waals surface area contributed by atoms with Gasteiger partial charge in [-0.25, -0.2) is 0 Å². The van der Waals surface area contributed by atoms with Gasteiger partial charge in [-0.1, -0.05) is 24.3 Å².